The summed E-state index contributed by atoms with van der Waals surface area (Å²) < 4.78 is 5.46. The predicted octanol–water partition coefficient (Wildman–Crippen LogP) is 3.93. The maximum absolute atomic E-state index is 12.5. The van der Waals surface area contributed by atoms with Gasteiger partial charge in [-0.1, -0.05) is 48.9 Å². The molecule has 0 fully saturated rings. The first-order valence-electron chi connectivity index (χ1n) is 6.65. The number of ether oxygens (including phenoxy) is 1. The van der Waals surface area contributed by atoms with E-state index in [0.29, 0.717) is 28.3 Å². The lowest BCUT2D eigenvalue weighted by molar-refractivity contribution is -0.120. The van der Waals surface area contributed by atoms with Gasteiger partial charge in [0, 0.05) is 17.0 Å². The summed E-state index contributed by atoms with van der Waals surface area (Å²) in [5, 5.41) is 0.448. The Kier molecular flexibility index (Phi) is 5.12. The van der Waals surface area contributed by atoms with Crippen LogP contribution in [0.3, 0.4) is 0 Å². The second-order valence-corrected chi connectivity index (χ2v) is 4.95. The molecule has 21 heavy (non-hydrogen) atoms. The van der Waals surface area contributed by atoms with Crippen molar-refractivity contribution in [3.63, 3.8) is 0 Å². The highest BCUT2D eigenvalue weighted by Gasteiger charge is 2.16. The van der Waals surface area contributed by atoms with E-state index in [-0.39, 0.29) is 18.2 Å². The van der Waals surface area contributed by atoms with E-state index in [1.54, 1.807) is 49.4 Å². The molecule has 0 unspecified atom stereocenters. The highest BCUT2D eigenvalue weighted by atomic mass is 35.5. The van der Waals surface area contributed by atoms with Crippen LogP contribution in [0.1, 0.15) is 29.3 Å². The van der Waals surface area contributed by atoms with E-state index in [1.165, 1.54) is 0 Å². The quantitative estimate of drug-likeness (QED) is 0.759. The van der Waals surface area contributed by atoms with Crippen molar-refractivity contribution in [1.29, 1.82) is 0 Å². The van der Waals surface area contributed by atoms with Crippen LogP contribution in [0.5, 0.6) is 5.75 Å². The minimum Gasteiger partial charge on any atom is -0.485 e. The summed E-state index contributed by atoms with van der Waals surface area (Å²) in [6, 6.07) is 13.7. The highest BCUT2D eigenvalue weighted by molar-refractivity contribution is 6.31. The zero-order valence-corrected chi connectivity index (χ0v) is 12.4. The number of Topliss-reactive ketones (excluding diaryl/α,β-unsaturated/α-hetero) is 1. The second kappa shape index (κ2) is 7.04. The van der Waals surface area contributed by atoms with E-state index in [0.717, 1.165) is 0 Å². The topological polar surface area (TPSA) is 43.4 Å². The van der Waals surface area contributed by atoms with Crippen molar-refractivity contribution in [2.75, 3.05) is 6.61 Å². The van der Waals surface area contributed by atoms with E-state index >= 15 is 0 Å². The third-order valence-electron chi connectivity index (χ3n) is 3.01. The van der Waals surface area contributed by atoms with Gasteiger partial charge in [-0.25, -0.2) is 0 Å². The van der Waals surface area contributed by atoms with Crippen LogP contribution in [0.15, 0.2) is 48.5 Å². The zero-order valence-electron chi connectivity index (χ0n) is 11.6. The van der Waals surface area contributed by atoms with Gasteiger partial charge in [0.05, 0.1) is 5.56 Å². The fourth-order valence-electron chi connectivity index (χ4n) is 1.81. The first-order valence-corrected chi connectivity index (χ1v) is 7.03. The Labute approximate surface area is 128 Å². The lowest BCUT2D eigenvalue weighted by Gasteiger charge is -2.10. The number of rotatable bonds is 6. The van der Waals surface area contributed by atoms with Crippen LogP contribution < -0.4 is 4.74 Å². The minimum atomic E-state index is -0.183. The molecule has 0 bridgehead atoms. The summed E-state index contributed by atoms with van der Waals surface area (Å²) in [5.74, 6) is 0.162. The Morgan fingerprint density at radius 3 is 2.48 bits per heavy atom. The van der Waals surface area contributed by atoms with Crippen LogP contribution in [0.4, 0.5) is 0 Å². The molecule has 0 N–H and O–H groups in total. The van der Waals surface area contributed by atoms with Gasteiger partial charge < -0.3 is 4.74 Å². The monoisotopic (exact) mass is 302 g/mol. The van der Waals surface area contributed by atoms with Crippen molar-refractivity contribution < 1.29 is 14.3 Å². The summed E-state index contributed by atoms with van der Waals surface area (Å²) in [7, 11) is 0. The van der Waals surface area contributed by atoms with Gasteiger partial charge in [0.2, 0.25) is 0 Å². The van der Waals surface area contributed by atoms with Gasteiger partial charge in [0.15, 0.2) is 11.6 Å². The van der Waals surface area contributed by atoms with Crippen LogP contribution in [-0.2, 0) is 4.79 Å². The fourth-order valence-corrected chi connectivity index (χ4v) is 1.98. The predicted molar refractivity (Wildman–Crippen MR) is 82.1 cm³/mol. The van der Waals surface area contributed by atoms with Crippen LogP contribution >= 0.6 is 11.6 Å². The number of benzene rings is 2. The highest BCUT2D eigenvalue weighted by Crippen LogP contribution is 2.25. The number of carbonyl (C=O) groups excluding carboxylic acids is 2. The van der Waals surface area contributed by atoms with Crippen molar-refractivity contribution in [2.45, 2.75) is 13.3 Å². The van der Waals surface area contributed by atoms with E-state index in [2.05, 4.69) is 0 Å². The molecule has 0 spiro atoms. The molecular formula is C17H15ClO3. The minimum absolute atomic E-state index is 0.0249. The van der Waals surface area contributed by atoms with E-state index in [1.807, 2.05) is 6.07 Å². The molecule has 2 aromatic carbocycles. The largest absolute Gasteiger partial charge is 0.485 e. The summed E-state index contributed by atoms with van der Waals surface area (Å²) in [4.78, 5) is 23.9. The molecule has 108 valence electrons. The molecule has 2 aromatic rings. The number of halogens is 1. The van der Waals surface area contributed by atoms with Gasteiger partial charge >= 0.3 is 0 Å². The Bertz CT molecular complexity index is 650. The van der Waals surface area contributed by atoms with Crippen molar-refractivity contribution in [3.05, 3.63) is 64.7 Å². The molecule has 0 aliphatic rings. The molecule has 0 amide bonds. The van der Waals surface area contributed by atoms with Gasteiger partial charge in [0.1, 0.15) is 12.4 Å². The Balaban J connectivity index is 2.31. The Morgan fingerprint density at radius 1 is 1.10 bits per heavy atom. The van der Waals surface area contributed by atoms with Gasteiger partial charge in [0.25, 0.3) is 0 Å². The van der Waals surface area contributed by atoms with E-state index in [9.17, 15) is 9.59 Å². The molecule has 0 atom stereocenters. The molecular weight excluding hydrogens is 288 g/mol. The second-order valence-electron chi connectivity index (χ2n) is 4.52. The van der Waals surface area contributed by atoms with Gasteiger partial charge in [-0.3, -0.25) is 9.59 Å². The lowest BCUT2D eigenvalue weighted by atomic mass is 10.0. The maximum Gasteiger partial charge on any atom is 0.196 e. The Morgan fingerprint density at radius 2 is 1.81 bits per heavy atom. The van der Waals surface area contributed by atoms with Crippen LogP contribution in [-0.4, -0.2) is 18.2 Å². The molecule has 0 heterocycles. The van der Waals surface area contributed by atoms with Gasteiger partial charge in [-0.2, -0.15) is 0 Å². The van der Waals surface area contributed by atoms with Crippen molar-refractivity contribution in [1.82, 2.24) is 0 Å². The fraction of sp³-hybridized carbons (Fsp3) is 0.176. The summed E-state index contributed by atoms with van der Waals surface area (Å²) in [5.41, 5.74) is 0.907. The average molecular weight is 303 g/mol. The van der Waals surface area contributed by atoms with Crippen LogP contribution in [0.25, 0.3) is 0 Å². The Hall–Kier alpha value is -2.13. The SMILES string of the molecule is CCC(=O)COc1ccc(Cl)cc1C(=O)c1ccccc1. The van der Waals surface area contributed by atoms with Crippen molar-refractivity contribution >= 4 is 23.2 Å². The summed E-state index contributed by atoms with van der Waals surface area (Å²) >= 11 is 5.96. The first-order chi connectivity index (χ1) is 10.1. The number of hydrogen-bond acceptors (Lipinski definition) is 3. The van der Waals surface area contributed by atoms with Crippen LogP contribution in [0.2, 0.25) is 5.02 Å². The molecule has 3 nitrogen and oxygen atoms in total. The molecule has 0 aliphatic carbocycles. The van der Waals surface area contributed by atoms with Crippen molar-refractivity contribution in [3.8, 4) is 5.75 Å². The van der Waals surface area contributed by atoms with Gasteiger partial charge in [-0.15, -0.1) is 0 Å². The third kappa shape index (κ3) is 3.92. The first kappa shape index (κ1) is 15.3. The average Bonchev–Trinajstić information content (AvgIpc) is 2.53. The molecule has 0 aromatic heterocycles. The summed E-state index contributed by atoms with van der Waals surface area (Å²) in [6.07, 6.45) is 0.398. The summed E-state index contributed by atoms with van der Waals surface area (Å²) in [6.45, 7) is 1.72. The molecule has 0 aliphatic heterocycles. The van der Waals surface area contributed by atoms with Crippen molar-refractivity contribution in [2.24, 2.45) is 0 Å². The molecule has 0 saturated heterocycles. The molecule has 2 rings (SSSR count). The van der Waals surface area contributed by atoms with E-state index < -0.39 is 0 Å². The van der Waals surface area contributed by atoms with E-state index in [4.69, 9.17) is 16.3 Å². The molecule has 0 saturated carbocycles. The molecule has 0 radical (unpaired) electrons. The molecule has 4 heteroatoms. The number of ketones is 2. The van der Waals surface area contributed by atoms with Crippen LogP contribution in [0, 0.1) is 0 Å². The third-order valence-corrected chi connectivity index (χ3v) is 3.24. The maximum atomic E-state index is 12.5. The lowest BCUT2D eigenvalue weighted by Crippen LogP contribution is -2.12. The standard InChI is InChI=1S/C17H15ClO3/c1-2-14(19)11-21-16-9-8-13(18)10-15(16)17(20)12-6-4-3-5-7-12/h3-10H,2,11H2,1H3. The number of hydrogen-bond donors (Lipinski definition) is 0. The number of carbonyl (C=O) groups is 2. The smallest absolute Gasteiger partial charge is 0.196 e. The normalized spacial score (nSPS) is 10.2. The van der Waals surface area contributed by atoms with Gasteiger partial charge in [-0.05, 0) is 18.2 Å². The zero-order chi connectivity index (χ0) is 15.2.